The highest BCUT2D eigenvalue weighted by Crippen LogP contribution is 2.41. The quantitative estimate of drug-likeness (QED) is 0.340. The molecule has 1 aliphatic carbocycles. The summed E-state index contributed by atoms with van der Waals surface area (Å²) in [5.41, 5.74) is 7.69. The van der Waals surface area contributed by atoms with Crippen LogP contribution in [0.5, 0.6) is 5.75 Å². The fourth-order valence-electron chi connectivity index (χ4n) is 5.87. The van der Waals surface area contributed by atoms with Gasteiger partial charge in [-0.3, -0.25) is 4.79 Å². The molecule has 1 unspecified atom stereocenters. The molecule has 0 radical (unpaired) electrons. The van der Waals surface area contributed by atoms with E-state index < -0.39 is 6.23 Å². The minimum Gasteiger partial charge on any atom is -0.508 e. The summed E-state index contributed by atoms with van der Waals surface area (Å²) in [6.45, 7) is 2.66. The van der Waals surface area contributed by atoms with E-state index >= 15 is 0 Å². The molecule has 3 aromatic carbocycles. The van der Waals surface area contributed by atoms with Crippen molar-refractivity contribution in [3.8, 4) is 5.75 Å². The van der Waals surface area contributed by atoms with Crippen LogP contribution in [0, 0.1) is 12.8 Å². The number of aliphatic hydroxyl groups excluding tert-OH is 1. The van der Waals surface area contributed by atoms with Gasteiger partial charge in [-0.05, 0) is 79.8 Å². The number of nitrogens with zero attached hydrogens (tertiary/aromatic N) is 1. The molecule has 4 nitrogen and oxygen atoms in total. The van der Waals surface area contributed by atoms with Crippen molar-refractivity contribution in [3.05, 3.63) is 106 Å². The summed E-state index contributed by atoms with van der Waals surface area (Å²) < 4.78 is 0. The van der Waals surface area contributed by atoms with Crippen LogP contribution in [0.1, 0.15) is 83.8 Å². The molecule has 36 heavy (non-hydrogen) atoms. The van der Waals surface area contributed by atoms with Crippen LogP contribution in [0.4, 0.5) is 0 Å². The minimum atomic E-state index is -0.848. The van der Waals surface area contributed by atoms with Crippen LogP contribution < -0.4 is 0 Å². The highest BCUT2D eigenvalue weighted by molar-refractivity contribution is 5.98. The zero-order valence-corrected chi connectivity index (χ0v) is 21.0. The molecular formula is C32H35NO3. The summed E-state index contributed by atoms with van der Waals surface area (Å²) >= 11 is 0. The van der Waals surface area contributed by atoms with Crippen molar-refractivity contribution in [1.82, 2.24) is 4.90 Å². The van der Waals surface area contributed by atoms with Gasteiger partial charge >= 0.3 is 0 Å². The summed E-state index contributed by atoms with van der Waals surface area (Å²) in [5.74, 6) is 0.756. The van der Waals surface area contributed by atoms with Gasteiger partial charge in [0.1, 0.15) is 5.75 Å². The lowest BCUT2D eigenvalue weighted by Gasteiger charge is -2.24. The summed E-state index contributed by atoms with van der Waals surface area (Å²) in [5, 5.41) is 20.6. The Morgan fingerprint density at radius 3 is 2.19 bits per heavy atom. The third-order valence-electron chi connectivity index (χ3n) is 7.79. The number of fused-ring (bicyclic) bond motifs is 1. The van der Waals surface area contributed by atoms with Gasteiger partial charge in [0.15, 0.2) is 6.23 Å². The second-order valence-corrected chi connectivity index (χ2v) is 10.2. The normalized spacial score (nSPS) is 18.4. The highest BCUT2D eigenvalue weighted by Gasteiger charge is 2.34. The number of phenols is 1. The predicted molar refractivity (Wildman–Crippen MR) is 144 cm³/mol. The highest BCUT2D eigenvalue weighted by atomic mass is 16.3. The standard InChI is InChI=1S/C32H35NO3/c1-22-13-15-24(16-14-22)30(25-17-19-26(34)20-18-25)27(23-8-2-3-9-23)10-6-7-21-33-31(35)28-11-4-5-12-29(28)32(33)36/h4-5,11-20,23,31,34-35H,2-3,6-10,21H2,1H3/b30-27+. The second kappa shape index (κ2) is 10.7. The van der Waals surface area contributed by atoms with Crippen LogP contribution >= 0.6 is 0 Å². The number of carbonyl (C=O) groups excluding carboxylic acids is 1. The van der Waals surface area contributed by atoms with Crippen molar-refractivity contribution in [3.63, 3.8) is 0 Å². The van der Waals surface area contributed by atoms with E-state index in [9.17, 15) is 15.0 Å². The molecule has 0 saturated heterocycles. The minimum absolute atomic E-state index is 0.0749. The average molecular weight is 482 g/mol. The molecule has 1 fully saturated rings. The van der Waals surface area contributed by atoms with Crippen molar-refractivity contribution in [1.29, 1.82) is 0 Å². The molecule has 0 aromatic heterocycles. The van der Waals surface area contributed by atoms with Gasteiger partial charge in [-0.25, -0.2) is 0 Å². The smallest absolute Gasteiger partial charge is 0.256 e. The molecule has 0 spiro atoms. The number of aryl methyl sites for hydroxylation is 1. The lowest BCUT2D eigenvalue weighted by atomic mass is 9.83. The van der Waals surface area contributed by atoms with Gasteiger partial charge in [-0.2, -0.15) is 0 Å². The number of phenolic OH excluding ortho intramolecular Hbond substituents is 1. The number of unbranched alkanes of at least 4 members (excludes halogenated alkanes) is 1. The molecule has 0 bridgehead atoms. The van der Waals surface area contributed by atoms with Crippen LogP contribution in [0.2, 0.25) is 0 Å². The number of amides is 1. The Labute approximate surface area is 213 Å². The summed E-state index contributed by atoms with van der Waals surface area (Å²) in [4.78, 5) is 14.4. The van der Waals surface area contributed by atoms with E-state index in [1.807, 2.05) is 30.3 Å². The number of rotatable bonds is 8. The van der Waals surface area contributed by atoms with Gasteiger partial charge in [-0.1, -0.05) is 78.6 Å². The van der Waals surface area contributed by atoms with Gasteiger partial charge < -0.3 is 15.1 Å². The third-order valence-corrected chi connectivity index (χ3v) is 7.79. The number of benzene rings is 3. The fourth-order valence-corrected chi connectivity index (χ4v) is 5.87. The summed E-state index contributed by atoms with van der Waals surface area (Å²) in [6.07, 6.45) is 6.84. The monoisotopic (exact) mass is 481 g/mol. The molecule has 4 heteroatoms. The predicted octanol–water partition coefficient (Wildman–Crippen LogP) is 7.01. The largest absolute Gasteiger partial charge is 0.508 e. The molecule has 2 aliphatic rings. The van der Waals surface area contributed by atoms with Crippen molar-refractivity contribution < 1.29 is 15.0 Å². The molecule has 3 aromatic rings. The van der Waals surface area contributed by atoms with E-state index in [-0.39, 0.29) is 11.7 Å². The van der Waals surface area contributed by atoms with Crippen LogP contribution in [0.3, 0.4) is 0 Å². The van der Waals surface area contributed by atoms with Crippen molar-refractivity contribution >= 4 is 11.5 Å². The summed E-state index contributed by atoms with van der Waals surface area (Å²) in [7, 11) is 0. The van der Waals surface area contributed by atoms with Crippen LogP contribution in [0.15, 0.2) is 78.4 Å². The van der Waals surface area contributed by atoms with Crippen LogP contribution in [0.25, 0.3) is 5.57 Å². The van der Waals surface area contributed by atoms with Crippen molar-refractivity contribution in [2.45, 2.75) is 58.1 Å². The topological polar surface area (TPSA) is 60.8 Å². The fraction of sp³-hybridized carbons (Fsp3) is 0.344. The van der Waals surface area contributed by atoms with Crippen molar-refractivity contribution in [2.75, 3.05) is 6.54 Å². The van der Waals surface area contributed by atoms with Crippen LogP contribution in [-0.4, -0.2) is 27.6 Å². The number of hydrogen-bond donors (Lipinski definition) is 2. The van der Waals surface area contributed by atoms with Gasteiger partial charge in [0.05, 0.1) is 0 Å². The van der Waals surface area contributed by atoms with E-state index in [0.29, 0.717) is 23.6 Å². The number of aromatic hydroxyl groups is 1. The summed E-state index contributed by atoms with van der Waals surface area (Å²) in [6, 6.07) is 23.7. The SMILES string of the molecule is Cc1ccc(/C(=C(/CCCCN2C(=O)c3ccccc3C2O)C2CCCC2)c2ccc(O)cc2)cc1. The lowest BCUT2D eigenvalue weighted by molar-refractivity contribution is 0.0170. The van der Waals surface area contributed by atoms with Gasteiger partial charge in [0.25, 0.3) is 5.91 Å². The van der Waals surface area contributed by atoms with Crippen LogP contribution in [-0.2, 0) is 0 Å². The van der Waals surface area contributed by atoms with Crippen molar-refractivity contribution in [2.24, 2.45) is 5.92 Å². The van der Waals surface area contributed by atoms with E-state index in [4.69, 9.17) is 0 Å². The maximum absolute atomic E-state index is 12.8. The lowest BCUT2D eigenvalue weighted by Crippen LogP contribution is -2.29. The maximum Gasteiger partial charge on any atom is 0.256 e. The van der Waals surface area contributed by atoms with E-state index in [1.165, 1.54) is 48.0 Å². The van der Waals surface area contributed by atoms with E-state index in [2.05, 4.69) is 31.2 Å². The van der Waals surface area contributed by atoms with Gasteiger partial charge in [0.2, 0.25) is 0 Å². The Bertz CT molecular complexity index is 1190. The zero-order valence-electron chi connectivity index (χ0n) is 21.0. The molecule has 5 rings (SSSR count). The molecule has 1 aliphatic heterocycles. The average Bonchev–Trinajstić information content (AvgIpc) is 3.51. The first-order valence-corrected chi connectivity index (χ1v) is 13.2. The zero-order chi connectivity index (χ0) is 25.1. The number of allylic oxidation sites excluding steroid dienone is 1. The number of aliphatic hydroxyl groups is 1. The Balaban J connectivity index is 1.39. The molecule has 2 N–H and O–H groups in total. The maximum atomic E-state index is 12.8. The Morgan fingerprint density at radius 1 is 0.889 bits per heavy atom. The first-order valence-electron chi connectivity index (χ1n) is 13.2. The molecule has 1 atom stereocenters. The Morgan fingerprint density at radius 2 is 1.53 bits per heavy atom. The molecule has 186 valence electrons. The second-order valence-electron chi connectivity index (χ2n) is 10.2. The molecular weight excluding hydrogens is 446 g/mol. The number of carbonyl (C=O) groups is 1. The molecule has 1 saturated carbocycles. The Kier molecular flexibility index (Phi) is 7.24. The third kappa shape index (κ3) is 4.96. The molecule has 1 heterocycles. The van der Waals surface area contributed by atoms with E-state index in [1.54, 1.807) is 23.1 Å². The van der Waals surface area contributed by atoms with Gasteiger partial charge in [-0.15, -0.1) is 0 Å². The first kappa shape index (κ1) is 24.3. The van der Waals surface area contributed by atoms with Gasteiger partial charge in [0, 0.05) is 17.7 Å². The number of hydrogen-bond acceptors (Lipinski definition) is 3. The van der Waals surface area contributed by atoms with E-state index in [0.717, 1.165) is 24.8 Å². The Hall–Kier alpha value is -3.37. The first-order chi connectivity index (χ1) is 17.5. The molecule has 1 amide bonds.